The molecule has 1 aliphatic rings. The fourth-order valence-electron chi connectivity index (χ4n) is 3.82. The first kappa shape index (κ1) is 25.9. The maximum atomic E-state index is 13.8. The number of hydrogen-bond donors (Lipinski definition) is 0. The Labute approximate surface area is 190 Å². The molecule has 5 nitrogen and oxygen atoms in total. The van der Waals surface area contributed by atoms with Gasteiger partial charge in [-0.1, -0.05) is 0 Å². The molecule has 0 radical (unpaired) electrons. The standard InChI is InChI=1S/C21H19F7N2O3S/c1-19(2,34(32,33)16-8-13(20(23,24)25)7-14(22)10-16)12-5-6-30(18(31)9-12)15-3-4-17(29-11-15)21(26,27)28/h3-4,7-8,10-12H,5-6,9H2,1-2H3/t12-/m0/s1. The third-order valence-electron chi connectivity index (χ3n) is 5.96. The Hall–Kier alpha value is -2.70. The van der Waals surface area contributed by atoms with Gasteiger partial charge in [0.15, 0.2) is 9.84 Å². The summed E-state index contributed by atoms with van der Waals surface area (Å²) in [7, 11) is -4.52. The number of nitrogens with zero attached hydrogens (tertiary/aromatic N) is 2. The van der Waals surface area contributed by atoms with Crippen LogP contribution in [0.15, 0.2) is 41.4 Å². The van der Waals surface area contributed by atoms with Gasteiger partial charge in [-0.2, -0.15) is 26.3 Å². The highest BCUT2D eigenvalue weighted by atomic mass is 32.2. The van der Waals surface area contributed by atoms with E-state index in [-0.39, 0.29) is 31.1 Å². The van der Waals surface area contributed by atoms with Crippen molar-refractivity contribution < 1.29 is 43.9 Å². The normalized spacial score (nSPS) is 18.3. The van der Waals surface area contributed by atoms with Gasteiger partial charge in [-0.15, -0.1) is 0 Å². The molecule has 34 heavy (non-hydrogen) atoms. The number of hydrogen-bond acceptors (Lipinski definition) is 4. The summed E-state index contributed by atoms with van der Waals surface area (Å²) in [6, 6.07) is 2.82. The Bertz CT molecular complexity index is 1190. The number of aromatic nitrogens is 1. The minimum atomic E-state index is -4.96. The number of alkyl halides is 6. The van der Waals surface area contributed by atoms with Crippen molar-refractivity contribution in [2.75, 3.05) is 11.4 Å². The fourth-order valence-corrected chi connectivity index (χ4v) is 5.61. The minimum Gasteiger partial charge on any atom is -0.311 e. The molecule has 1 atom stereocenters. The Morgan fingerprint density at radius 1 is 1.00 bits per heavy atom. The van der Waals surface area contributed by atoms with Crippen LogP contribution in [0, 0.1) is 11.7 Å². The average molecular weight is 512 g/mol. The van der Waals surface area contributed by atoms with E-state index >= 15 is 0 Å². The number of piperidine rings is 1. The summed E-state index contributed by atoms with van der Waals surface area (Å²) in [5.74, 6) is -2.80. The molecule has 1 aliphatic heterocycles. The molecule has 2 heterocycles. The molecule has 186 valence electrons. The van der Waals surface area contributed by atoms with Crippen LogP contribution in [0.1, 0.15) is 37.9 Å². The van der Waals surface area contributed by atoms with E-state index in [1.807, 2.05) is 0 Å². The third kappa shape index (κ3) is 4.89. The van der Waals surface area contributed by atoms with Gasteiger partial charge < -0.3 is 4.90 Å². The van der Waals surface area contributed by atoms with Crippen molar-refractivity contribution in [1.29, 1.82) is 0 Å². The molecule has 0 N–H and O–H groups in total. The maximum absolute atomic E-state index is 13.8. The number of pyridine rings is 1. The van der Waals surface area contributed by atoms with E-state index in [9.17, 15) is 43.9 Å². The van der Waals surface area contributed by atoms with Gasteiger partial charge in [-0.25, -0.2) is 17.8 Å². The number of sulfone groups is 1. The molecule has 0 unspecified atom stereocenters. The second-order valence-electron chi connectivity index (χ2n) is 8.41. The summed E-state index contributed by atoms with van der Waals surface area (Å²) in [5.41, 5.74) is -2.50. The van der Waals surface area contributed by atoms with Crippen LogP contribution >= 0.6 is 0 Å². The van der Waals surface area contributed by atoms with E-state index < -0.39 is 60.7 Å². The third-order valence-corrected chi connectivity index (χ3v) is 8.53. The Balaban J connectivity index is 1.85. The van der Waals surface area contributed by atoms with Gasteiger partial charge in [0.1, 0.15) is 11.5 Å². The van der Waals surface area contributed by atoms with Gasteiger partial charge in [-0.05, 0) is 56.5 Å². The van der Waals surface area contributed by atoms with Crippen molar-refractivity contribution in [2.24, 2.45) is 5.92 Å². The summed E-state index contributed by atoms with van der Waals surface area (Å²) >= 11 is 0. The maximum Gasteiger partial charge on any atom is 0.433 e. The molecule has 3 rings (SSSR count). The zero-order chi connectivity index (χ0) is 25.7. The molecule has 1 saturated heterocycles. The van der Waals surface area contributed by atoms with Gasteiger partial charge in [0.05, 0.1) is 27.1 Å². The Kier molecular flexibility index (Phi) is 6.48. The summed E-state index contributed by atoms with van der Waals surface area (Å²) in [6.07, 6.45) is -8.99. The molecule has 1 aromatic carbocycles. The van der Waals surface area contributed by atoms with Crippen LogP contribution in [0.25, 0.3) is 0 Å². The van der Waals surface area contributed by atoms with Gasteiger partial charge in [0, 0.05) is 13.0 Å². The number of carbonyl (C=O) groups excluding carboxylic acids is 1. The number of amides is 1. The van der Waals surface area contributed by atoms with Gasteiger partial charge >= 0.3 is 12.4 Å². The van der Waals surface area contributed by atoms with Crippen molar-refractivity contribution in [3.63, 3.8) is 0 Å². The van der Waals surface area contributed by atoms with E-state index in [1.54, 1.807) is 0 Å². The number of benzene rings is 1. The van der Waals surface area contributed by atoms with Crippen molar-refractivity contribution in [1.82, 2.24) is 4.98 Å². The van der Waals surface area contributed by atoms with Crippen LogP contribution in [0.5, 0.6) is 0 Å². The molecular weight excluding hydrogens is 493 g/mol. The summed E-state index contributed by atoms with van der Waals surface area (Å²) in [5, 5.41) is 0. The second-order valence-corrected chi connectivity index (χ2v) is 10.9. The fraction of sp³-hybridized carbons (Fsp3) is 0.429. The highest BCUT2D eigenvalue weighted by Gasteiger charge is 2.47. The zero-order valence-electron chi connectivity index (χ0n) is 17.8. The lowest BCUT2D eigenvalue weighted by Crippen LogP contribution is -2.48. The lowest BCUT2D eigenvalue weighted by Gasteiger charge is -2.39. The lowest BCUT2D eigenvalue weighted by atomic mass is 9.85. The van der Waals surface area contributed by atoms with Crippen LogP contribution in [-0.4, -0.2) is 30.6 Å². The molecule has 0 aliphatic carbocycles. The number of rotatable bonds is 4. The van der Waals surface area contributed by atoms with Crippen LogP contribution in [0.3, 0.4) is 0 Å². The SMILES string of the molecule is CC(C)([C@H]1CCN(c2ccc(C(F)(F)F)nc2)C(=O)C1)S(=O)(=O)c1cc(F)cc(C(F)(F)F)c1. The van der Waals surface area contributed by atoms with Gasteiger partial charge in [0.2, 0.25) is 5.91 Å². The van der Waals surface area contributed by atoms with E-state index in [0.717, 1.165) is 17.2 Å². The lowest BCUT2D eigenvalue weighted by molar-refractivity contribution is -0.141. The highest BCUT2D eigenvalue weighted by Crippen LogP contribution is 2.41. The average Bonchev–Trinajstić information content (AvgIpc) is 2.72. The largest absolute Gasteiger partial charge is 0.433 e. The molecule has 1 aromatic heterocycles. The first-order valence-electron chi connectivity index (χ1n) is 9.90. The van der Waals surface area contributed by atoms with Crippen molar-refractivity contribution in [3.8, 4) is 0 Å². The topological polar surface area (TPSA) is 67.3 Å². The number of halogens is 7. The smallest absolute Gasteiger partial charge is 0.311 e. The van der Waals surface area contributed by atoms with Gasteiger partial charge in [-0.3, -0.25) is 4.79 Å². The summed E-state index contributed by atoms with van der Waals surface area (Å²) < 4.78 is 116. The first-order valence-corrected chi connectivity index (χ1v) is 11.4. The molecule has 1 amide bonds. The van der Waals surface area contributed by atoms with Crippen LogP contribution in [-0.2, 0) is 27.0 Å². The molecule has 0 bridgehead atoms. The molecule has 13 heteroatoms. The van der Waals surface area contributed by atoms with E-state index in [4.69, 9.17) is 0 Å². The number of anilines is 1. The molecular formula is C21H19F7N2O3S. The summed E-state index contributed by atoms with van der Waals surface area (Å²) in [4.78, 5) is 16.3. The van der Waals surface area contributed by atoms with Crippen LogP contribution in [0.4, 0.5) is 36.4 Å². The first-order chi connectivity index (χ1) is 15.4. The van der Waals surface area contributed by atoms with E-state index in [2.05, 4.69) is 4.98 Å². The second kappa shape index (κ2) is 8.51. The van der Waals surface area contributed by atoms with Crippen molar-refractivity contribution in [3.05, 3.63) is 53.6 Å². The van der Waals surface area contributed by atoms with Crippen LogP contribution < -0.4 is 4.90 Å². The monoisotopic (exact) mass is 512 g/mol. The molecule has 1 fully saturated rings. The predicted octanol–water partition coefficient (Wildman–Crippen LogP) is 5.25. The summed E-state index contributed by atoms with van der Waals surface area (Å²) in [6.45, 7) is 2.44. The highest BCUT2D eigenvalue weighted by molar-refractivity contribution is 7.92. The Morgan fingerprint density at radius 2 is 1.65 bits per heavy atom. The molecule has 0 saturated carbocycles. The quantitative estimate of drug-likeness (QED) is 0.525. The number of carbonyl (C=O) groups is 1. The van der Waals surface area contributed by atoms with Crippen molar-refractivity contribution in [2.45, 2.75) is 48.7 Å². The minimum absolute atomic E-state index is 0.0492. The van der Waals surface area contributed by atoms with E-state index in [1.165, 1.54) is 13.8 Å². The Morgan fingerprint density at radius 3 is 2.15 bits per heavy atom. The van der Waals surface area contributed by atoms with Gasteiger partial charge in [0.25, 0.3) is 0 Å². The predicted molar refractivity (Wildman–Crippen MR) is 107 cm³/mol. The van der Waals surface area contributed by atoms with Crippen molar-refractivity contribution >= 4 is 21.4 Å². The molecule has 0 spiro atoms. The molecule has 2 aromatic rings. The van der Waals surface area contributed by atoms with E-state index in [0.29, 0.717) is 18.2 Å². The zero-order valence-corrected chi connectivity index (χ0v) is 18.7. The van der Waals surface area contributed by atoms with Crippen LogP contribution in [0.2, 0.25) is 0 Å².